The monoisotopic (exact) mass is 430 g/mol. The number of alkyl halides is 1. The predicted molar refractivity (Wildman–Crippen MR) is 126 cm³/mol. The van der Waals surface area contributed by atoms with Crippen molar-refractivity contribution >= 4 is 29.3 Å². The van der Waals surface area contributed by atoms with Crippen LogP contribution in [0, 0.1) is 5.92 Å². The molecule has 2 aromatic carbocycles. The van der Waals surface area contributed by atoms with Crippen LogP contribution >= 0.6 is 23.4 Å². The molecular weight excluding hydrogens is 400 g/mol. The Kier molecular flexibility index (Phi) is 10.4. The molecule has 0 unspecified atom stereocenters. The lowest BCUT2D eigenvalue weighted by Crippen LogP contribution is -2.25. The molecule has 0 radical (unpaired) electrons. The molecule has 1 atom stereocenters. The van der Waals surface area contributed by atoms with E-state index in [4.69, 9.17) is 16.3 Å². The first-order chi connectivity index (χ1) is 14.0. The van der Waals surface area contributed by atoms with Crippen LogP contribution in [0.1, 0.15) is 46.5 Å². The Morgan fingerprint density at radius 3 is 2.17 bits per heavy atom. The third-order valence-electron chi connectivity index (χ3n) is 4.52. The van der Waals surface area contributed by atoms with Gasteiger partial charge in [-0.05, 0) is 54.2 Å². The van der Waals surface area contributed by atoms with Gasteiger partial charge in [-0.25, -0.2) is 0 Å². The van der Waals surface area contributed by atoms with Crippen LogP contribution in [0.4, 0.5) is 0 Å². The Morgan fingerprint density at radius 1 is 1.00 bits per heavy atom. The Bertz CT molecular complexity index is 766. The third kappa shape index (κ3) is 8.28. The Morgan fingerprint density at radius 2 is 1.59 bits per heavy atom. The first kappa shape index (κ1) is 23.6. The van der Waals surface area contributed by atoms with Gasteiger partial charge in [-0.3, -0.25) is 4.79 Å². The first-order valence-corrected chi connectivity index (χ1v) is 11.8. The topological polar surface area (TPSA) is 26.3 Å². The summed E-state index contributed by atoms with van der Waals surface area (Å²) in [5.74, 6) is 1.25. The molecule has 29 heavy (non-hydrogen) atoms. The van der Waals surface area contributed by atoms with E-state index < -0.39 is 11.3 Å². The molecule has 2 nitrogen and oxygen atoms in total. The van der Waals surface area contributed by atoms with E-state index in [9.17, 15) is 4.79 Å². The minimum Gasteiger partial charge on any atom is -0.425 e. The number of hydrogen-bond donors (Lipinski definition) is 0. The van der Waals surface area contributed by atoms with Crippen molar-refractivity contribution < 1.29 is 9.53 Å². The van der Waals surface area contributed by atoms with Crippen molar-refractivity contribution in [2.75, 3.05) is 5.75 Å². The van der Waals surface area contributed by atoms with Gasteiger partial charge in [-0.2, -0.15) is 0 Å². The summed E-state index contributed by atoms with van der Waals surface area (Å²) in [7, 11) is 0. The average Bonchev–Trinajstić information content (AvgIpc) is 2.73. The summed E-state index contributed by atoms with van der Waals surface area (Å²) in [5, 5.41) is -0.633. The van der Waals surface area contributed by atoms with Crippen molar-refractivity contribution in [3.05, 3.63) is 60.7 Å². The number of thioether (sulfide) groups is 1. The number of rotatable bonds is 11. The highest BCUT2D eigenvalue weighted by molar-refractivity contribution is 7.99. The van der Waals surface area contributed by atoms with Crippen molar-refractivity contribution in [2.24, 2.45) is 5.92 Å². The minimum atomic E-state index is -0.633. The summed E-state index contributed by atoms with van der Waals surface area (Å²) in [6.07, 6.45) is 9.42. The van der Waals surface area contributed by atoms with Crippen molar-refractivity contribution in [1.82, 2.24) is 0 Å². The molecule has 0 aliphatic rings. The lowest BCUT2D eigenvalue weighted by Gasteiger charge is -2.12. The summed E-state index contributed by atoms with van der Waals surface area (Å²) in [4.78, 5) is 13.2. The molecule has 0 spiro atoms. The molecular formula is C25H31ClO2S. The molecule has 156 valence electrons. The fourth-order valence-electron chi connectivity index (χ4n) is 2.71. The van der Waals surface area contributed by atoms with Gasteiger partial charge in [0.1, 0.15) is 11.1 Å². The number of allylic oxidation sites excluding steroid dienone is 2. The molecule has 0 aliphatic heterocycles. The lowest BCUT2D eigenvalue weighted by atomic mass is 10.1. The smallest absolute Gasteiger partial charge is 0.329 e. The van der Waals surface area contributed by atoms with Crippen LogP contribution in [0.3, 0.4) is 0 Å². The molecule has 0 saturated carbocycles. The van der Waals surface area contributed by atoms with E-state index in [1.165, 1.54) is 24.2 Å². The van der Waals surface area contributed by atoms with Gasteiger partial charge in [-0.1, -0.05) is 70.0 Å². The van der Waals surface area contributed by atoms with Crippen molar-refractivity contribution in [3.63, 3.8) is 0 Å². The second-order valence-corrected chi connectivity index (χ2v) is 9.00. The fourth-order valence-corrected chi connectivity index (χ4v) is 3.57. The van der Waals surface area contributed by atoms with Crippen LogP contribution in [0.5, 0.6) is 5.75 Å². The highest BCUT2D eigenvalue weighted by Crippen LogP contribution is 2.26. The second-order valence-electron chi connectivity index (χ2n) is 7.37. The average molecular weight is 431 g/mol. The van der Waals surface area contributed by atoms with Crippen LogP contribution in [-0.4, -0.2) is 17.1 Å². The van der Waals surface area contributed by atoms with Crippen LogP contribution in [0.2, 0.25) is 0 Å². The van der Waals surface area contributed by atoms with Gasteiger partial charge in [0.15, 0.2) is 0 Å². The van der Waals surface area contributed by atoms with Gasteiger partial charge >= 0.3 is 5.97 Å². The number of unbranched alkanes of at least 4 members (excludes halogenated alkanes) is 2. The molecule has 0 amide bonds. The number of benzene rings is 2. The van der Waals surface area contributed by atoms with E-state index in [-0.39, 0.29) is 5.92 Å². The van der Waals surface area contributed by atoms with Crippen LogP contribution in [0.15, 0.2) is 65.6 Å². The summed E-state index contributed by atoms with van der Waals surface area (Å²) in [5.41, 5.74) is 2.23. The molecule has 0 heterocycles. The van der Waals surface area contributed by atoms with Crippen LogP contribution in [0.25, 0.3) is 11.1 Å². The van der Waals surface area contributed by atoms with E-state index >= 15 is 0 Å². The van der Waals surface area contributed by atoms with Crippen LogP contribution < -0.4 is 4.74 Å². The van der Waals surface area contributed by atoms with E-state index in [1.54, 1.807) is 0 Å². The number of halogens is 1. The molecule has 0 aromatic heterocycles. The van der Waals surface area contributed by atoms with Crippen molar-refractivity contribution in [2.45, 2.75) is 56.7 Å². The molecule has 0 aliphatic carbocycles. The molecule has 0 saturated heterocycles. The van der Waals surface area contributed by atoms with E-state index in [0.717, 1.165) is 23.3 Å². The lowest BCUT2D eigenvalue weighted by molar-refractivity contribution is -0.134. The summed E-state index contributed by atoms with van der Waals surface area (Å²) in [6.45, 7) is 6.02. The largest absolute Gasteiger partial charge is 0.425 e. The van der Waals surface area contributed by atoms with Crippen molar-refractivity contribution in [1.29, 1.82) is 0 Å². The Hall–Kier alpha value is -1.71. The molecule has 4 heteroatoms. The Labute approximate surface area is 184 Å². The molecule has 0 bridgehead atoms. The summed E-state index contributed by atoms with van der Waals surface area (Å²) in [6, 6.07) is 16.1. The maximum Gasteiger partial charge on any atom is 0.329 e. The zero-order valence-electron chi connectivity index (χ0n) is 17.6. The standard InChI is InChI=1S/C25H31ClO2S/c1-4-5-6-7-8-9-18-29-23-16-12-21(13-17-23)20-10-14-22(15-11-20)28-25(27)24(26)19(2)3/h7-8,10-17,19,24H,4-6,9,18H2,1-3H3/t24-/m0/s1. The number of carbonyl (C=O) groups is 1. The van der Waals surface area contributed by atoms with Gasteiger partial charge in [-0.15, -0.1) is 23.4 Å². The second kappa shape index (κ2) is 12.8. The molecule has 2 aromatic rings. The normalized spacial score (nSPS) is 12.4. The Balaban J connectivity index is 1.85. The maximum absolute atomic E-state index is 12.0. The highest BCUT2D eigenvalue weighted by Gasteiger charge is 2.21. The van der Waals surface area contributed by atoms with Gasteiger partial charge < -0.3 is 4.74 Å². The minimum absolute atomic E-state index is 0.0388. The third-order valence-corrected chi connectivity index (χ3v) is 6.24. The van der Waals surface area contributed by atoms with Gasteiger partial charge in [0.25, 0.3) is 0 Å². The van der Waals surface area contributed by atoms with Crippen LogP contribution in [-0.2, 0) is 4.79 Å². The number of esters is 1. The zero-order valence-corrected chi connectivity index (χ0v) is 19.1. The maximum atomic E-state index is 12.0. The first-order valence-electron chi connectivity index (χ1n) is 10.3. The SMILES string of the molecule is CCCCC=CCCSc1ccc(-c2ccc(OC(=O)[C@@H](Cl)C(C)C)cc2)cc1. The van der Waals surface area contributed by atoms with Gasteiger partial charge in [0.2, 0.25) is 0 Å². The summed E-state index contributed by atoms with van der Waals surface area (Å²) >= 11 is 7.93. The molecule has 0 N–H and O–H groups in total. The number of carbonyl (C=O) groups excluding carboxylic acids is 1. The zero-order chi connectivity index (χ0) is 21.1. The predicted octanol–water partition coefficient (Wildman–Crippen LogP) is 7.75. The summed E-state index contributed by atoms with van der Waals surface area (Å²) < 4.78 is 5.35. The quantitative estimate of drug-likeness (QED) is 0.0909. The van der Waals surface area contributed by atoms with Crippen molar-refractivity contribution in [3.8, 4) is 16.9 Å². The van der Waals surface area contributed by atoms with E-state index in [2.05, 4.69) is 43.3 Å². The number of ether oxygens (including phenoxy) is 1. The van der Waals surface area contributed by atoms with Gasteiger partial charge in [0.05, 0.1) is 0 Å². The fraction of sp³-hybridized carbons (Fsp3) is 0.400. The number of hydrogen-bond acceptors (Lipinski definition) is 3. The van der Waals surface area contributed by atoms with Gasteiger partial charge in [0, 0.05) is 10.6 Å². The highest BCUT2D eigenvalue weighted by atomic mass is 35.5. The van der Waals surface area contributed by atoms with E-state index in [1.807, 2.05) is 49.9 Å². The van der Waals surface area contributed by atoms with E-state index in [0.29, 0.717) is 5.75 Å². The molecule has 0 fully saturated rings. The molecule has 2 rings (SSSR count).